The van der Waals surface area contributed by atoms with Crippen molar-refractivity contribution in [1.29, 1.82) is 0 Å². The zero-order chi connectivity index (χ0) is 27.8. The summed E-state index contributed by atoms with van der Waals surface area (Å²) in [4.78, 5) is 20.3. The molecule has 11 heteroatoms. The molecule has 4 aromatic rings. The maximum atomic E-state index is 13.2. The first kappa shape index (κ1) is 30.5. The number of pyridine rings is 2. The molecule has 0 aliphatic carbocycles. The molecular weight excluding hydrogens is 557 g/mol. The number of anilines is 1. The van der Waals surface area contributed by atoms with E-state index >= 15 is 0 Å². The summed E-state index contributed by atoms with van der Waals surface area (Å²) >= 11 is 12.8. The molecule has 2 heterocycles. The number of aromatic amines is 1. The lowest BCUT2D eigenvalue weighted by Gasteiger charge is -2.20. The molecule has 0 amide bonds. The average molecular weight is 586 g/mol. The van der Waals surface area contributed by atoms with Crippen molar-refractivity contribution in [2.24, 2.45) is 0 Å². The van der Waals surface area contributed by atoms with E-state index in [0.29, 0.717) is 50.7 Å². The molecule has 0 aliphatic heterocycles. The fraction of sp³-hybridized carbons (Fsp3) is 0.207. The van der Waals surface area contributed by atoms with Crippen molar-refractivity contribution < 1.29 is 34.2 Å². The second-order valence-corrected chi connectivity index (χ2v) is 9.27. The van der Waals surface area contributed by atoms with E-state index in [9.17, 15) is 4.79 Å². The van der Waals surface area contributed by atoms with Crippen LogP contribution in [0.3, 0.4) is 0 Å². The Bertz CT molecular complexity index is 1420. The fourth-order valence-electron chi connectivity index (χ4n) is 3.98. The first-order valence-electron chi connectivity index (χ1n) is 12.0. The summed E-state index contributed by atoms with van der Waals surface area (Å²) in [5.41, 5.74) is 3.50. The van der Waals surface area contributed by atoms with Gasteiger partial charge in [0.05, 0.1) is 32.6 Å². The highest BCUT2D eigenvalue weighted by Crippen LogP contribution is 2.35. The molecule has 0 saturated carbocycles. The van der Waals surface area contributed by atoms with Gasteiger partial charge in [0.2, 0.25) is 5.88 Å². The Balaban J connectivity index is 0.00000441. The number of nitrogens with one attached hydrogen (secondary N) is 2. The molecule has 0 fully saturated rings. The third kappa shape index (κ3) is 7.32. The van der Waals surface area contributed by atoms with Crippen molar-refractivity contribution >= 4 is 34.9 Å². The summed E-state index contributed by atoms with van der Waals surface area (Å²) in [6.45, 7) is 0.521. The van der Waals surface area contributed by atoms with E-state index in [0.717, 1.165) is 11.3 Å². The Morgan fingerprint density at radius 1 is 0.950 bits per heavy atom. The molecule has 0 radical (unpaired) electrons. The number of ether oxygens (including phenoxy) is 4. The van der Waals surface area contributed by atoms with Gasteiger partial charge in [0.1, 0.15) is 16.1 Å². The lowest BCUT2D eigenvalue weighted by molar-refractivity contribution is -0.377. The van der Waals surface area contributed by atoms with Crippen molar-refractivity contribution in [3.8, 4) is 17.4 Å². The van der Waals surface area contributed by atoms with Crippen LogP contribution in [-0.4, -0.2) is 37.8 Å². The zero-order valence-corrected chi connectivity index (χ0v) is 23.6. The number of rotatable bonds is 11. The number of esters is 1. The van der Waals surface area contributed by atoms with Crippen LogP contribution in [0.1, 0.15) is 33.2 Å². The van der Waals surface area contributed by atoms with Crippen molar-refractivity contribution in [3.63, 3.8) is 0 Å². The van der Waals surface area contributed by atoms with E-state index in [1.54, 1.807) is 64.2 Å². The molecule has 2 aromatic heterocycles. The maximum absolute atomic E-state index is 13.2. The minimum atomic E-state index is -0.700. The van der Waals surface area contributed by atoms with Gasteiger partial charge in [-0.15, -0.1) is 0 Å². The van der Waals surface area contributed by atoms with Crippen molar-refractivity contribution in [3.05, 3.63) is 105 Å². The normalized spacial score (nSPS) is 11.1. The molecule has 0 spiro atoms. The van der Waals surface area contributed by atoms with Crippen LogP contribution in [0.15, 0.2) is 73.2 Å². The van der Waals surface area contributed by atoms with E-state index in [2.05, 4.69) is 15.3 Å². The highest BCUT2D eigenvalue weighted by atomic mass is 35.5. The molecule has 0 saturated heterocycles. The summed E-state index contributed by atoms with van der Waals surface area (Å²) in [5, 5.41) is 4.16. The minimum Gasteiger partial charge on any atom is -0.870 e. The van der Waals surface area contributed by atoms with Crippen LogP contribution < -0.4 is 24.5 Å². The van der Waals surface area contributed by atoms with Gasteiger partial charge in [0.25, 0.3) is 0 Å². The quantitative estimate of drug-likeness (QED) is 0.219. The standard InChI is InChI=1S/C29H27Cl2N3O5.H2O/c1-36-25-11-10-20(13-27(25)37-2)26(14-21-22(30)16-32-17-23(21)31)39-29(35)19-8-6-18(7-9-19)15-34-24-5-4-12-33-28(24)38-3;/h4-13,16-17,26,34H,14-15H2,1-3H3;1H2/t26-;/m0./s1. The van der Waals surface area contributed by atoms with Crippen LogP contribution >= 0.6 is 23.2 Å². The first-order chi connectivity index (χ1) is 18.9. The number of hydrogen-bond donors (Lipinski definition) is 1. The van der Waals surface area contributed by atoms with E-state index < -0.39 is 12.1 Å². The second kappa shape index (κ2) is 14.4. The molecule has 1 atom stereocenters. The fourth-order valence-corrected chi connectivity index (χ4v) is 4.51. The van der Waals surface area contributed by atoms with Crippen LogP contribution in [-0.2, 0) is 17.7 Å². The van der Waals surface area contributed by atoms with E-state index in [4.69, 9.17) is 42.1 Å². The summed E-state index contributed by atoms with van der Waals surface area (Å²) in [5.74, 6) is 1.09. The molecule has 0 bridgehead atoms. The summed E-state index contributed by atoms with van der Waals surface area (Å²) in [7, 11) is 4.67. The van der Waals surface area contributed by atoms with Crippen molar-refractivity contribution in [2.45, 2.75) is 19.1 Å². The summed E-state index contributed by atoms with van der Waals surface area (Å²) < 4.78 is 22.1. The Morgan fingerprint density at radius 2 is 1.65 bits per heavy atom. The molecule has 40 heavy (non-hydrogen) atoms. The number of carbonyl (C=O) groups excluding carboxylic acids is 1. The lowest BCUT2D eigenvalue weighted by atomic mass is 10.0. The Kier molecular flexibility index (Phi) is 11.0. The van der Waals surface area contributed by atoms with Crippen molar-refractivity contribution in [2.75, 3.05) is 26.6 Å². The van der Waals surface area contributed by atoms with Crippen LogP contribution in [0.25, 0.3) is 0 Å². The Labute approximate surface area is 242 Å². The van der Waals surface area contributed by atoms with Gasteiger partial charge in [-0.05, 0) is 47.5 Å². The van der Waals surface area contributed by atoms with Crippen LogP contribution in [0, 0.1) is 0 Å². The summed E-state index contributed by atoms with van der Waals surface area (Å²) in [6, 6.07) is 16.2. The number of methoxy groups -OCH3 is 3. The van der Waals surface area contributed by atoms with E-state index in [-0.39, 0.29) is 11.9 Å². The Hall–Kier alpha value is -4.05. The van der Waals surface area contributed by atoms with Crippen LogP contribution in [0.2, 0.25) is 10.0 Å². The molecule has 0 unspecified atom stereocenters. The van der Waals surface area contributed by atoms with Gasteiger partial charge in [-0.25, -0.2) is 14.8 Å². The molecule has 4 rings (SSSR count). The van der Waals surface area contributed by atoms with Gasteiger partial charge in [-0.2, -0.15) is 0 Å². The third-order valence-electron chi connectivity index (χ3n) is 6.05. The monoisotopic (exact) mass is 585 g/mol. The molecule has 210 valence electrons. The van der Waals surface area contributed by atoms with Gasteiger partial charge in [-0.1, -0.05) is 41.4 Å². The molecule has 9 nitrogen and oxygen atoms in total. The number of carbonyl (C=O) groups is 1. The molecule has 3 N–H and O–H groups in total. The summed E-state index contributed by atoms with van der Waals surface area (Å²) in [6.07, 6.45) is 4.48. The SMILES string of the molecule is COc1ccc([C@H](Cc2c(Cl)c[nH+]cc2Cl)OC(=O)c2ccc(CNc3cccnc3OC)cc2)cc1OC.[OH-]. The third-order valence-corrected chi connectivity index (χ3v) is 6.73. The van der Waals surface area contributed by atoms with Crippen molar-refractivity contribution in [1.82, 2.24) is 4.98 Å². The molecule has 2 aromatic carbocycles. The lowest BCUT2D eigenvalue weighted by Crippen LogP contribution is -2.16. The number of nitrogens with zero attached hydrogens (tertiary/aromatic N) is 1. The van der Waals surface area contributed by atoms with E-state index in [1.165, 1.54) is 0 Å². The predicted molar refractivity (Wildman–Crippen MR) is 151 cm³/mol. The van der Waals surface area contributed by atoms with E-state index in [1.807, 2.05) is 30.3 Å². The topological polar surface area (TPSA) is 123 Å². The van der Waals surface area contributed by atoms with Gasteiger partial charge < -0.3 is 29.7 Å². The molecule has 0 aliphatic rings. The number of halogens is 2. The largest absolute Gasteiger partial charge is 0.870 e. The van der Waals surface area contributed by atoms with Gasteiger partial charge >= 0.3 is 5.97 Å². The predicted octanol–water partition coefficient (Wildman–Crippen LogP) is 5.80. The van der Waals surface area contributed by atoms with Gasteiger partial charge in [0.15, 0.2) is 23.9 Å². The zero-order valence-electron chi connectivity index (χ0n) is 22.1. The minimum absolute atomic E-state index is 0. The van der Waals surface area contributed by atoms with Gasteiger partial charge in [-0.3, -0.25) is 0 Å². The molecular formula is C29H29Cl2N3O6. The number of aromatic nitrogens is 2. The Morgan fingerprint density at radius 3 is 2.30 bits per heavy atom. The number of benzene rings is 2. The van der Waals surface area contributed by atoms with Crippen LogP contribution in [0.4, 0.5) is 5.69 Å². The van der Waals surface area contributed by atoms with Gasteiger partial charge in [0, 0.05) is 24.7 Å². The second-order valence-electron chi connectivity index (χ2n) is 8.45. The maximum Gasteiger partial charge on any atom is 0.338 e. The highest BCUT2D eigenvalue weighted by Gasteiger charge is 2.24. The average Bonchev–Trinajstić information content (AvgIpc) is 2.97. The number of hydrogen-bond acceptors (Lipinski definition) is 8. The van der Waals surface area contributed by atoms with Crippen LogP contribution in [0.5, 0.6) is 17.4 Å². The first-order valence-corrected chi connectivity index (χ1v) is 12.8. The number of H-pyrrole nitrogens is 1. The highest BCUT2D eigenvalue weighted by molar-refractivity contribution is 6.35. The smallest absolute Gasteiger partial charge is 0.338 e.